The highest BCUT2D eigenvalue weighted by Gasteiger charge is 2.02. The first-order chi connectivity index (χ1) is 10.2. The van der Waals surface area contributed by atoms with E-state index in [0.29, 0.717) is 12.2 Å². The molecule has 0 radical (unpaired) electrons. The van der Waals surface area contributed by atoms with Crippen LogP contribution in [0, 0.1) is 0 Å². The lowest BCUT2D eigenvalue weighted by Gasteiger charge is -2.04. The van der Waals surface area contributed by atoms with Gasteiger partial charge in [-0.15, -0.1) is 0 Å². The molecule has 0 heterocycles. The van der Waals surface area contributed by atoms with Crippen LogP contribution in [0.15, 0.2) is 11.8 Å². The van der Waals surface area contributed by atoms with Crippen LogP contribution in [0.3, 0.4) is 0 Å². The van der Waals surface area contributed by atoms with Gasteiger partial charge in [0.25, 0.3) is 0 Å². The minimum Gasteiger partial charge on any atom is -0.463 e. The summed E-state index contributed by atoms with van der Waals surface area (Å²) < 4.78 is 4.91. The normalized spacial score (nSPS) is 11.5. The molecule has 1 N–H and O–H groups in total. The molecule has 0 spiro atoms. The number of hydrogen-bond acceptors (Lipinski definition) is 3. The van der Waals surface area contributed by atoms with Crippen LogP contribution in [0.5, 0.6) is 0 Å². The van der Waals surface area contributed by atoms with Crippen LogP contribution in [0.4, 0.5) is 0 Å². The fourth-order valence-electron chi connectivity index (χ4n) is 2.24. The van der Waals surface area contributed by atoms with Crippen LogP contribution in [-0.4, -0.2) is 19.1 Å². The highest BCUT2D eigenvalue weighted by molar-refractivity contribution is 5.87. The minimum atomic E-state index is -0.229. The predicted molar refractivity (Wildman–Crippen MR) is 90.2 cm³/mol. The molecule has 0 fully saturated rings. The molecule has 0 bridgehead atoms. The molecule has 0 aliphatic rings. The highest BCUT2D eigenvalue weighted by Crippen LogP contribution is 2.10. The van der Waals surface area contributed by atoms with Crippen molar-refractivity contribution in [3.8, 4) is 0 Å². The van der Waals surface area contributed by atoms with Gasteiger partial charge in [-0.2, -0.15) is 0 Å². The molecular formula is C18H35NO2. The minimum absolute atomic E-state index is 0.229. The molecule has 124 valence electrons. The summed E-state index contributed by atoms with van der Waals surface area (Å²) in [5.74, 6) is -0.229. The Hall–Kier alpha value is -0.990. The van der Waals surface area contributed by atoms with Crippen molar-refractivity contribution < 1.29 is 9.53 Å². The van der Waals surface area contributed by atoms with Gasteiger partial charge in [-0.1, -0.05) is 64.7 Å². The number of ether oxygens (including phenoxy) is 1. The summed E-state index contributed by atoms with van der Waals surface area (Å²) >= 11 is 0. The Morgan fingerprint density at radius 2 is 1.43 bits per heavy atom. The fourth-order valence-corrected chi connectivity index (χ4v) is 2.24. The molecule has 0 amide bonds. The van der Waals surface area contributed by atoms with E-state index in [9.17, 15) is 4.79 Å². The molecule has 0 aromatic carbocycles. The standard InChI is InChI=1S/C18H35NO2/c1-4-6-7-8-9-10-11-12-13-14-15-19-16-17(3)18(20)21-5-2/h16,19H,4-15H2,1-3H3/b17-16+. The number of esters is 1. The summed E-state index contributed by atoms with van der Waals surface area (Å²) in [5.41, 5.74) is 0.643. The van der Waals surface area contributed by atoms with Crippen LogP contribution >= 0.6 is 0 Å². The molecule has 3 nitrogen and oxygen atoms in total. The SMILES string of the molecule is CCCCCCCCCCCCN/C=C(\C)C(=O)OCC. The molecule has 3 heteroatoms. The first-order valence-electron chi connectivity index (χ1n) is 8.79. The number of unbranched alkanes of at least 4 members (excludes halogenated alkanes) is 9. The number of nitrogens with one attached hydrogen (secondary N) is 1. The van der Waals surface area contributed by atoms with E-state index in [1.165, 1.54) is 64.2 Å². The van der Waals surface area contributed by atoms with E-state index in [2.05, 4.69) is 12.2 Å². The average molecular weight is 297 g/mol. The Bertz CT molecular complexity index is 274. The number of rotatable bonds is 14. The van der Waals surface area contributed by atoms with Crippen molar-refractivity contribution in [2.24, 2.45) is 0 Å². The van der Waals surface area contributed by atoms with Gasteiger partial charge in [0.05, 0.1) is 6.61 Å². The van der Waals surface area contributed by atoms with Gasteiger partial charge in [-0.3, -0.25) is 0 Å². The van der Waals surface area contributed by atoms with Gasteiger partial charge in [-0.05, 0) is 20.3 Å². The molecular weight excluding hydrogens is 262 g/mol. The van der Waals surface area contributed by atoms with Crippen molar-refractivity contribution in [1.82, 2.24) is 5.32 Å². The molecule has 0 saturated heterocycles. The summed E-state index contributed by atoms with van der Waals surface area (Å²) in [6, 6.07) is 0. The summed E-state index contributed by atoms with van der Waals surface area (Å²) in [6.07, 6.45) is 15.2. The zero-order valence-electron chi connectivity index (χ0n) is 14.4. The van der Waals surface area contributed by atoms with Crippen molar-refractivity contribution >= 4 is 5.97 Å². The van der Waals surface area contributed by atoms with Gasteiger partial charge in [0.15, 0.2) is 0 Å². The maximum Gasteiger partial charge on any atom is 0.335 e. The van der Waals surface area contributed by atoms with E-state index in [0.717, 1.165) is 6.54 Å². The Morgan fingerprint density at radius 3 is 1.95 bits per heavy atom. The lowest BCUT2D eigenvalue weighted by molar-refractivity contribution is -0.138. The topological polar surface area (TPSA) is 38.3 Å². The second-order valence-electron chi connectivity index (χ2n) is 5.68. The van der Waals surface area contributed by atoms with E-state index >= 15 is 0 Å². The van der Waals surface area contributed by atoms with Crippen molar-refractivity contribution in [2.45, 2.75) is 85.0 Å². The second kappa shape index (κ2) is 15.4. The Morgan fingerprint density at radius 1 is 0.905 bits per heavy atom. The van der Waals surface area contributed by atoms with Gasteiger partial charge in [0.1, 0.15) is 0 Å². The molecule has 0 aromatic heterocycles. The third-order valence-corrected chi connectivity index (χ3v) is 3.59. The Kier molecular flexibility index (Phi) is 14.7. The van der Waals surface area contributed by atoms with Gasteiger partial charge >= 0.3 is 5.97 Å². The van der Waals surface area contributed by atoms with Crippen LogP contribution in [0.2, 0.25) is 0 Å². The summed E-state index contributed by atoms with van der Waals surface area (Å²) in [4.78, 5) is 11.3. The van der Waals surface area contributed by atoms with E-state index in [4.69, 9.17) is 4.74 Å². The van der Waals surface area contributed by atoms with Gasteiger partial charge in [0, 0.05) is 18.3 Å². The van der Waals surface area contributed by atoms with Crippen LogP contribution in [0.25, 0.3) is 0 Å². The second-order valence-corrected chi connectivity index (χ2v) is 5.68. The number of carbonyl (C=O) groups excluding carboxylic acids is 1. The van der Waals surface area contributed by atoms with Crippen LogP contribution in [0.1, 0.15) is 85.0 Å². The molecule has 21 heavy (non-hydrogen) atoms. The number of hydrogen-bond donors (Lipinski definition) is 1. The monoisotopic (exact) mass is 297 g/mol. The first kappa shape index (κ1) is 20.0. The average Bonchev–Trinajstić information content (AvgIpc) is 2.48. The highest BCUT2D eigenvalue weighted by atomic mass is 16.5. The molecule has 0 aliphatic heterocycles. The van der Waals surface area contributed by atoms with Crippen molar-refractivity contribution in [1.29, 1.82) is 0 Å². The first-order valence-corrected chi connectivity index (χ1v) is 8.79. The summed E-state index contributed by atoms with van der Waals surface area (Å²) in [7, 11) is 0. The summed E-state index contributed by atoms with van der Waals surface area (Å²) in [6.45, 7) is 7.24. The zero-order chi connectivity index (χ0) is 15.8. The lowest BCUT2D eigenvalue weighted by atomic mass is 10.1. The van der Waals surface area contributed by atoms with Gasteiger partial charge in [0.2, 0.25) is 0 Å². The summed E-state index contributed by atoms with van der Waals surface area (Å²) in [5, 5.41) is 3.19. The third-order valence-electron chi connectivity index (χ3n) is 3.59. The van der Waals surface area contributed by atoms with Crippen molar-refractivity contribution in [2.75, 3.05) is 13.2 Å². The number of carbonyl (C=O) groups is 1. The Balaban J connectivity index is 3.29. The van der Waals surface area contributed by atoms with Gasteiger partial charge < -0.3 is 10.1 Å². The Labute approximate surface area is 131 Å². The van der Waals surface area contributed by atoms with E-state index in [-0.39, 0.29) is 5.97 Å². The smallest absolute Gasteiger partial charge is 0.335 e. The van der Waals surface area contributed by atoms with E-state index < -0.39 is 0 Å². The van der Waals surface area contributed by atoms with Gasteiger partial charge in [-0.25, -0.2) is 4.79 Å². The van der Waals surface area contributed by atoms with Crippen molar-refractivity contribution in [3.05, 3.63) is 11.8 Å². The molecule has 0 aliphatic carbocycles. The third kappa shape index (κ3) is 13.7. The molecule has 0 rings (SSSR count). The van der Waals surface area contributed by atoms with E-state index in [1.54, 1.807) is 13.1 Å². The molecule has 0 aromatic rings. The van der Waals surface area contributed by atoms with Crippen LogP contribution < -0.4 is 5.32 Å². The van der Waals surface area contributed by atoms with Crippen LogP contribution in [-0.2, 0) is 9.53 Å². The van der Waals surface area contributed by atoms with E-state index in [1.807, 2.05) is 6.92 Å². The lowest BCUT2D eigenvalue weighted by Crippen LogP contribution is -2.12. The maximum absolute atomic E-state index is 11.3. The van der Waals surface area contributed by atoms with Crippen molar-refractivity contribution in [3.63, 3.8) is 0 Å². The predicted octanol–water partition coefficient (Wildman–Crippen LogP) is 4.96. The fraction of sp³-hybridized carbons (Fsp3) is 0.833. The largest absolute Gasteiger partial charge is 0.463 e. The zero-order valence-corrected chi connectivity index (χ0v) is 14.4. The molecule has 0 saturated carbocycles. The molecule has 0 atom stereocenters. The maximum atomic E-state index is 11.3. The molecule has 0 unspecified atom stereocenters. The quantitative estimate of drug-likeness (QED) is 0.280.